The number of carbonyl (C=O) groups excluding carboxylic acids is 1. The van der Waals surface area contributed by atoms with Gasteiger partial charge in [0.25, 0.3) is 0 Å². The van der Waals surface area contributed by atoms with Crippen LogP contribution in [0.25, 0.3) is 11.0 Å². The number of benzene rings is 1. The summed E-state index contributed by atoms with van der Waals surface area (Å²) in [4.78, 5) is 24.7. The highest BCUT2D eigenvalue weighted by Gasteiger charge is 2.16. The summed E-state index contributed by atoms with van der Waals surface area (Å²) in [6.07, 6.45) is 2.30. The van der Waals surface area contributed by atoms with Crippen LogP contribution in [0, 0.1) is 5.92 Å². The van der Waals surface area contributed by atoms with Gasteiger partial charge in [0.05, 0.1) is 11.0 Å². The van der Waals surface area contributed by atoms with Gasteiger partial charge in [0.15, 0.2) is 0 Å². The molecule has 1 aliphatic rings. The fraction of sp³-hybridized carbons (Fsp3) is 0.529. The Kier molecular flexibility index (Phi) is 6.45. The van der Waals surface area contributed by atoms with Crippen LogP contribution in [0.15, 0.2) is 29.1 Å². The number of para-hydroxylation sites is 2. The van der Waals surface area contributed by atoms with Crippen LogP contribution >= 0.6 is 12.4 Å². The van der Waals surface area contributed by atoms with Crippen LogP contribution in [0.2, 0.25) is 0 Å². The van der Waals surface area contributed by atoms with E-state index in [1.807, 2.05) is 31.2 Å². The number of aryl methyl sites for hydroxylation is 1. The van der Waals surface area contributed by atoms with Crippen molar-refractivity contribution < 1.29 is 4.79 Å². The number of halogens is 1. The molecule has 2 N–H and O–H groups in total. The fourth-order valence-electron chi connectivity index (χ4n) is 3.29. The molecule has 3 rings (SSSR count). The summed E-state index contributed by atoms with van der Waals surface area (Å²) in [5.41, 5.74) is 1.57. The number of hydrogen-bond acceptors (Lipinski definition) is 3. The Morgan fingerprint density at radius 1 is 1.29 bits per heavy atom. The molecular formula is C17H25ClN4O2. The zero-order valence-corrected chi connectivity index (χ0v) is 14.8. The average Bonchev–Trinajstić information content (AvgIpc) is 2.85. The van der Waals surface area contributed by atoms with Gasteiger partial charge in [-0.3, -0.25) is 13.9 Å². The maximum absolute atomic E-state index is 12.5. The minimum atomic E-state index is -0.122. The van der Waals surface area contributed by atoms with Crippen LogP contribution in [-0.2, 0) is 17.9 Å². The molecule has 1 atom stereocenters. The van der Waals surface area contributed by atoms with Gasteiger partial charge < -0.3 is 10.6 Å². The second-order valence-electron chi connectivity index (χ2n) is 6.12. The van der Waals surface area contributed by atoms with E-state index in [-0.39, 0.29) is 30.5 Å². The van der Waals surface area contributed by atoms with Gasteiger partial charge in [-0.2, -0.15) is 0 Å². The number of imidazole rings is 1. The molecule has 1 aromatic heterocycles. The third-order valence-corrected chi connectivity index (χ3v) is 4.53. The lowest BCUT2D eigenvalue weighted by atomic mass is 10.00. The van der Waals surface area contributed by atoms with E-state index in [0.29, 0.717) is 19.0 Å². The molecule has 1 aliphatic heterocycles. The monoisotopic (exact) mass is 352 g/mol. The van der Waals surface area contributed by atoms with Gasteiger partial charge in [-0.1, -0.05) is 12.1 Å². The molecule has 2 heterocycles. The molecule has 2 aromatic rings. The van der Waals surface area contributed by atoms with Crippen LogP contribution in [0.4, 0.5) is 0 Å². The summed E-state index contributed by atoms with van der Waals surface area (Å²) in [6.45, 7) is 5.31. The van der Waals surface area contributed by atoms with E-state index in [0.717, 1.165) is 37.0 Å². The molecule has 0 spiro atoms. The normalized spacial score (nSPS) is 17.5. The first-order valence-corrected chi connectivity index (χ1v) is 8.36. The molecule has 24 heavy (non-hydrogen) atoms. The van der Waals surface area contributed by atoms with Gasteiger partial charge >= 0.3 is 5.69 Å². The second kappa shape index (κ2) is 8.35. The first kappa shape index (κ1) is 18.5. The lowest BCUT2D eigenvalue weighted by molar-refractivity contribution is -0.121. The lowest BCUT2D eigenvalue weighted by Crippen LogP contribution is -2.40. The van der Waals surface area contributed by atoms with Crippen molar-refractivity contribution >= 4 is 29.3 Å². The topological polar surface area (TPSA) is 68.1 Å². The Morgan fingerprint density at radius 3 is 2.62 bits per heavy atom. The fourth-order valence-corrected chi connectivity index (χ4v) is 3.29. The highest BCUT2D eigenvalue weighted by atomic mass is 35.5. The third kappa shape index (κ3) is 3.82. The van der Waals surface area contributed by atoms with Gasteiger partial charge in [-0.15, -0.1) is 12.4 Å². The lowest BCUT2D eigenvalue weighted by Gasteiger charge is -2.22. The number of aromatic nitrogens is 2. The molecule has 0 bridgehead atoms. The van der Waals surface area contributed by atoms with Crippen molar-refractivity contribution in [1.82, 2.24) is 19.8 Å². The zero-order valence-electron chi connectivity index (χ0n) is 14.0. The standard InChI is InChI=1S/C17H24N4O2.ClH/c1-2-20-14-7-3-4-8-15(14)21(17(20)23)12-16(22)19-11-13-6-5-9-18-10-13;/h3-4,7-8,13,18H,2,5-6,9-12H2,1H3,(H,19,22);1H. The Hall–Kier alpha value is -1.79. The highest BCUT2D eigenvalue weighted by Crippen LogP contribution is 2.12. The highest BCUT2D eigenvalue weighted by molar-refractivity contribution is 5.85. The summed E-state index contributed by atoms with van der Waals surface area (Å²) >= 11 is 0. The molecule has 1 amide bonds. The summed E-state index contributed by atoms with van der Waals surface area (Å²) in [7, 11) is 0. The van der Waals surface area contributed by atoms with Crippen molar-refractivity contribution in [3.63, 3.8) is 0 Å². The molecule has 0 radical (unpaired) electrons. The zero-order chi connectivity index (χ0) is 16.2. The number of nitrogens with one attached hydrogen (secondary N) is 2. The maximum Gasteiger partial charge on any atom is 0.329 e. The third-order valence-electron chi connectivity index (χ3n) is 4.53. The molecule has 1 saturated heterocycles. The second-order valence-corrected chi connectivity index (χ2v) is 6.12. The minimum Gasteiger partial charge on any atom is -0.354 e. The van der Waals surface area contributed by atoms with Crippen LogP contribution in [-0.4, -0.2) is 34.7 Å². The van der Waals surface area contributed by atoms with Crippen molar-refractivity contribution in [3.05, 3.63) is 34.7 Å². The van der Waals surface area contributed by atoms with Crippen LogP contribution in [0.5, 0.6) is 0 Å². The Morgan fingerprint density at radius 2 is 2.00 bits per heavy atom. The van der Waals surface area contributed by atoms with Gasteiger partial charge in [0, 0.05) is 13.1 Å². The van der Waals surface area contributed by atoms with Gasteiger partial charge in [-0.25, -0.2) is 4.79 Å². The number of rotatable bonds is 5. The number of nitrogens with zero attached hydrogens (tertiary/aromatic N) is 2. The number of piperidine rings is 1. The van der Waals surface area contributed by atoms with Crippen LogP contribution in [0.1, 0.15) is 19.8 Å². The largest absolute Gasteiger partial charge is 0.354 e. The minimum absolute atomic E-state index is 0. The molecule has 0 aliphatic carbocycles. The molecule has 1 aromatic carbocycles. The van der Waals surface area contributed by atoms with Crippen molar-refractivity contribution in [2.45, 2.75) is 32.9 Å². The molecule has 6 nitrogen and oxygen atoms in total. The maximum atomic E-state index is 12.5. The molecule has 132 valence electrons. The van der Waals surface area contributed by atoms with E-state index in [1.165, 1.54) is 0 Å². The molecule has 7 heteroatoms. The SMILES string of the molecule is CCn1c(=O)n(CC(=O)NCC2CCCNC2)c2ccccc21.Cl. The quantitative estimate of drug-likeness (QED) is 0.853. The molecular weight excluding hydrogens is 328 g/mol. The Balaban J connectivity index is 0.00000208. The number of carbonyl (C=O) groups is 1. The first-order valence-electron chi connectivity index (χ1n) is 8.36. The Bertz CT molecular complexity index is 747. The number of fused-ring (bicyclic) bond motifs is 1. The number of amides is 1. The summed E-state index contributed by atoms with van der Waals surface area (Å²) < 4.78 is 3.26. The molecule has 1 fully saturated rings. The summed E-state index contributed by atoms with van der Waals surface area (Å²) in [5.74, 6) is 0.387. The smallest absolute Gasteiger partial charge is 0.329 e. The van der Waals surface area contributed by atoms with Crippen molar-refractivity contribution in [3.8, 4) is 0 Å². The van der Waals surface area contributed by atoms with Crippen LogP contribution < -0.4 is 16.3 Å². The van der Waals surface area contributed by atoms with E-state index in [9.17, 15) is 9.59 Å². The average molecular weight is 353 g/mol. The van der Waals surface area contributed by atoms with Gasteiger partial charge in [-0.05, 0) is 50.9 Å². The van der Waals surface area contributed by atoms with Gasteiger partial charge in [0.2, 0.25) is 5.91 Å². The summed E-state index contributed by atoms with van der Waals surface area (Å²) in [5, 5.41) is 6.31. The van der Waals surface area contributed by atoms with Crippen molar-refractivity contribution in [2.75, 3.05) is 19.6 Å². The Labute approximate surface area is 147 Å². The number of hydrogen-bond donors (Lipinski definition) is 2. The first-order chi connectivity index (χ1) is 11.2. The van der Waals surface area contributed by atoms with E-state index in [1.54, 1.807) is 9.13 Å². The van der Waals surface area contributed by atoms with Crippen LogP contribution in [0.3, 0.4) is 0 Å². The van der Waals surface area contributed by atoms with Crippen molar-refractivity contribution in [2.24, 2.45) is 5.92 Å². The van der Waals surface area contributed by atoms with E-state index in [2.05, 4.69) is 10.6 Å². The molecule has 1 unspecified atom stereocenters. The molecule has 0 saturated carbocycles. The predicted octanol–water partition coefficient (Wildman–Crippen LogP) is 1.36. The van der Waals surface area contributed by atoms with E-state index >= 15 is 0 Å². The predicted molar refractivity (Wildman–Crippen MR) is 97.7 cm³/mol. The van der Waals surface area contributed by atoms with Gasteiger partial charge in [0.1, 0.15) is 6.54 Å². The van der Waals surface area contributed by atoms with E-state index in [4.69, 9.17) is 0 Å². The summed E-state index contributed by atoms with van der Waals surface area (Å²) in [6, 6.07) is 7.61. The van der Waals surface area contributed by atoms with Crippen molar-refractivity contribution in [1.29, 1.82) is 0 Å². The van der Waals surface area contributed by atoms with E-state index < -0.39 is 0 Å².